The highest BCUT2D eigenvalue weighted by molar-refractivity contribution is 8.10. The number of nitrogens with zero attached hydrogens (tertiary/aromatic N) is 1. The number of aromatic nitrogens is 1. The lowest BCUT2D eigenvalue weighted by molar-refractivity contribution is -0.139. The predicted octanol–water partition coefficient (Wildman–Crippen LogP) is 2.45. The number of rotatable bonds is 6. The Morgan fingerprint density at radius 3 is 2.55 bits per heavy atom. The molecule has 0 amide bonds. The van der Waals surface area contributed by atoms with Crippen LogP contribution in [0.5, 0.6) is 0 Å². The van der Waals surface area contributed by atoms with Crippen LogP contribution in [0.1, 0.15) is 52.8 Å². The molecule has 3 aromatic rings. The summed E-state index contributed by atoms with van der Waals surface area (Å²) in [6.45, 7) is 5.15. The monoisotopic (exact) mass is 470 g/mol. The zero-order valence-electron chi connectivity index (χ0n) is 18.2. The lowest BCUT2D eigenvalue weighted by Gasteiger charge is -2.22. The quantitative estimate of drug-likeness (QED) is 0.540. The van der Waals surface area contributed by atoms with Gasteiger partial charge in [0, 0.05) is 5.22 Å². The molecule has 33 heavy (non-hydrogen) atoms. The number of fused-ring (bicyclic) bond motifs is 1. The molecule has 3 aromatic heterocycles. The number of nitrogen functional groups attached to an aromatic ring is 1. The molecule has 2 N–H and O–H groups in total. The Bertz CT molecular complexity index is 1320. The Morgan fingerprint density at radius 2 is 1.94 bits per heavy atom. The van der Waals surface area contributed by atoms with Gasteiger partial charge >= 0.3 is 11.9 Å². The normalized spacial score (nSPS) is 16.2. The molecule has 0 aromatic carbocycles. The van der Waals surface area contributed by atoms with Crippen LogP contribution in [-0.2, 0) is 14.3 Å². The first-order valence-corrected chi connectivity index (χ1v) is 11.1. The molecule has 4 rings (SSSR count). The van der Waals surface area contributed by atoms with E-state index in [2.05, 4.69) is 0 Å². The van der Waals surface area contributed by atoms with Gasteiger partial charge in [0.05, 0.1) is 36.3 Å². The number of nitrogens with two attached hydrogens (primary N) is 1. The van der Waals surface area contributed by atoms with E-state index in [1.54, 1.807) is 51.1 Å². The average Bonchev–Trinajstić information content (AvgIpc) is 3.51. The number of esters is 2. The first-order chi connectivity index (χ1) is 15.8. The van der Waals surface area contributed by atoms with Crippen LogP contribution in [0.15, 0.2) is 45.6 Å². The third-order valence-corrected chi connectivity index (χ3v) is 6.04. The van der Waals surface area contributed by atoms with Crippen LogP contribution in [-0.4, -0.2) is 35.1 Å². The van der Waals surface area contributed by atoms with Crippen molar-refractivity contribution in [2.45, 2.75) is 32.1 Å². The Hall–Kier alpha value is -3.66. The summed E-state index contributed by atoms with van der Waals surface area (Å²) in [5, 5.41) is -0.503. The third kappa shape index (κ3) is 4.09. The average molecular weight is 471 g/mol. The molecule has 172 valence electrons. The van der Waals surface area contributed by atoms with Gasteiger partial charge in [0.2, 0.25) is 0 Å². The number of anilines is 1. The molecule has 0 saturated heterocycles. The van der Waals surface area contributed by atoms with Crippen molar-refractivity contribution in [3.8, 4) is 0 Å². The summed E-state index contributed by atoms with van der Waals surface area (Å²) in [5.41, 5.74) is 6.20. The molecule has 0 saturated carbocycles. The number of ether oxygens (including phenoxy) is 2. The maximum atomic E-state index is 13.6. The van der Waals surface area contributed by atoms with E-state index in [4.69, 9.17) is 24.0 Å². The van der Waals surface area contributed by atoms with Crippen molar-refractivity contribution in [2.24, 2.45) is 0 Å². The summed E-state index contributed by atoms with van der Waals surface area (Å²) in [5.74, 6) is -1.19. The van der Waals surface area contributed by atoms with Crippen molar-refractivity contribution < 1.29 is 32.7 Å². The van der Waals surface area contributed by atoms with Crippen LogP contribution in [0.25, 0.3) is 11.0 Å². The molecular weight excluding hydrogens is 448 g/mol. The lowest BCUT2D eigenvalue weighted by atomic mass is 10.2. The van der Waals surface area contributed by atoms with Gasteiger partial charge in [-0.15, -0.1) is 0 Å². The van der Waals surface area contributed by atoms with Crippen molar-refractivity contribution in [3.05, 3.63) is 64.6 Å². The fourth-order valence-electron chi connectivity index (χ4n) is 3.49. The second-order valence-corrected chi connectivity index (χ2v) is 8.49. The molecular formula is C23H22N2O7S. The van der Waals surface area contributed by atoms with Gasteiger partial charge in [-0.2, -0.15) is 0 Å². The first-order valence-electron chi connectivity index (χ1n) is 10.3. The van der Waals surface area contributed by atoms with E-state index in [0.717, 1.165) is 16.3 Å². The van der Waals surface area contributed by atoms with Crippen molar-refractivity contribution in [1.82, 2.24) is 4.57 Å². The summed E-state index contributed by atoms with van der Waals surface area (Å²) in [7, 11) is 0. The number of hydrogen-bond acceptors (Lipinski definition) is 9. The molecule has 10 heteroatoms. The molecule has 1 aliphatic heterocycles. The van der Waals surface area contributed by atoms with Gasteiger partial charge in [-0.25, -0.2) is 9.59 Å². The van der Waals surface area contributed by atoms with Crippen LogP contribution in [0, 0.1) is 0 Å². The zero-order valence-corrected chi connectivity index (χ0v) is 19.0. The van der Waals surface area contributed by atoms with Crippen molar-refractivity contribution in [2.75, 3.05) is 12.3 Å². The van der Waals surface area contributed by atoms with Gasteiger partial charge in [-0.3, -0.25) is 9.36 Å². The molecule has 0 unspecified atom stereocenters. The SMILES string of the molecule is CCOC(=O)c1c(N)/c(=C\c2ccco2)c2n1C(=O)[C@@H](c1ccco1)SC=2C(=O)OC(C)C. The summed E-state index contributed by atoms with van der Waals surface area (Å²) in [6, 6.07) is 6.63. The van der Waals surface area contributed by atoms with Crippen LogP contribution in [0.4, 0.5) is 5.69 Å². The summed E-state index contributed by atoms with van der Waals surface area (Å²) >= 11 is 0.984. The third-order valence-electron chi connectivity index (χ3n) is 4.77. The first kappa shape index (κ1) is 22.5. The smallest absolute Gasteiger partial charge is 0.357 e. The van der Waals surface area contributed by atoms with Crippen molar-refractivity contribution in [1.29, 1.82) is 0 Å². The highest BCUT2D eigenvalue weighted by atomic mass is 32.2. The Labute approximate surface area is 192 Å². The minimum atomic E-state index is -0.932. The topological polar surface area (TPSA) is 127 Å². The van der Waals surface area contributed by atoms with Gasteiger partial charge in [0.25, 0.3) is 5.91 Å². The number of hydrogen-bond donors (Lipinski definition) is 1. The molecule has 0 aliphatic carbocycles. The second-order valence-electron chi connectivity index (χ2n) is 7.37. The van der Waals surface area contributed by atoms with Crippen LogP contribution in [0.2, 0.25) is 0 Å². The van der Waals surface area contributed by atoms with Gasteiger partial charge < -0.3 is 24.0 Å². The summed E-state index contributed by atoms with van der Waals surface area (Å²) < 4.78 is 22.6. The molecule has 9 nitrogen and oxygen atoms in total. The Morgan fingerprint density at radius 1 is 1.21 bits per heavy atom. The molecule has 0 radical (unpaired) electrons. The molecule has 0 fully saturated rings. The van der Waals surface area contributed by atoms with E-state index in [0.29, 0.717) is 11.5 Å². The summed E-state index contributed by atoms with van der Waals surface area (Å²) in [6.07, 6.45) is 4.06. The van der Waals surface area contributed by atoms with E-state index < -0.39 is 29.2 Å². The van der Waals surface area contributed by atoms with E-state index in [-0.39, 0.29) is 33.5 Å². The molecule has 4 heterocycles. The van der Waals surface area contributed by atoms with Crippen LogP contribution < -0.4 is 16.3 Å². The van der Waals surface area contributed by atoms with E-state index in [1.165, 1.54) is 12.5 Å². The lowest BCUT2D eigenvalue weighted by Crippen LogP contribution is -2.43. The fraction of sp³-hybridized carbons (Fsp3) is 0.261. The Balaban J connectivity index is 2.10. The van der Waals surface area contributed by atoms with Gasteiger partial charge in [0.1, 0.15) is 21.7 Å². The maximum absolute atomic E-state index is 13.6. The van der Waals surface area contributed by atoms with E-state index in [9.17, 15) is 14.4 Å². The second kappa shape index (κ2) is 9.07. The van der Waals surface area contributed by atoms with E-state index in [1.807, 2.05) is 0 Å². The minimum absolute atomic E-state index is 0.0104. The summed E-state index contributed by atoms with van der Waals surface area (Å²) in [4.78, 5) is 39.7. The highest BCUT2D eigenvalue weighted by Crippen LogP contribution is 2.40. The number of thioether (sulfide) groups is 1. The highest BCUT2D eigenvalue weighted by Gasteiger charge is 2.39. The maximum Gasteiger partial charge on any atom is 0.357 e. The number of carbonyl (C=O) groups is 3. The van der Waals surface area contributed by atoms with Crippen molar-refractivity contribution in [3.63, 3.8) is 0 Å². The number of carbonyl (C=O) groups excluding carboxylic acids is 3. The fourth-order valence-corrected chi connectivity index (χ4v) is 4.64. The van der Waals surface area contributed by atoms with Crippen molar-refractivity contribution >= 4 is 46.3 Å². The van der Waals surface area contributed by atoms with E-state index >= 15 is 0 Å². The largest absolute Gasteiger partial charge is 0.468 e. The molecule has 1 atom stereocenters. The molecule has 1 aliphatic rings. The Kier molecular flexibility index (Phi) is 6.19. The van der Waals surface area contributed by atoms with Gasteiger partial charge in [-0.05, 0) is 51.1 Å². The van der Waals surface area contributed by atoms with Crippen LogP contribution in [0.3, 0.4) is 0 Å². The van der Waals surface area contributed by atoms with Gasteiger partial charge in [-0.1, -0.05) is 11.8 Å². The van der Waals surface area contributed by atoms with Gasteiger partial charge in [0.15, 0.2) is 5.69 Å². The standard InChI is InChI=1S/C23H22N2O7S/c1-4-29-22(27)18-16(24)14(11-13-7-5-9-30-13)17-20(23(28)32-12(2)3)33-19(21(26)25(17)18)15-8-6-10-31-15/h5-12,19H,4,24H2,1-3H3/b14-11+/t19-/m1/s1. The molecule has 0 spiro atoms. The van der Waals surface area contributed by atoms with Crippen LogP contribution >= 0.6 is 11.8 Å². The number of furan rings is 2. The minimum Gasteiger partial charge on any atom is -0.468 e. The molecule has 0 bridgehead atoms. The predicted molar refractivity (Wildman–Crippen MR) is 121 cm³/mol. The zero-order chi connectivity index (χ0) is 23.7.